The lowest BCUT2D eigenvalue weighted by Gasteiger charge is -2.32. The van der Waals surface area contributed by atoms with Crippen LogP contribution in [0.4, 0.5) is 4.39 Å². The van der Waals surface area contributed by atoms with Gasteiger partial charge in [0.25, 0.3) is 0 Å². The molecule has 194 valence electrons. The third kappa shape index (κ3) is 4.67. The normalized spacial score (nSPS) is 21.9. The molecule has 0 spiro atoms. The first-order chi connectivity index (χ1) is 17.9. The second-order valence-corrected chi connectivity index (χ2v) is 11.0. The van der Waals surface area contributed by atoms with Crippen LogP contribution in [0.1, 0.15) is 70.5 Å². The van der Waals surface area contributed by atoms with Crippen LogP contribution in [0, 0.1) is 11.8 Å². The monoisotopic (exact) mass is 525 g/mol. The Kier molecular flexibility index (Phi) is 6.30. The number of aromatic nitrogens is 7. The highest BCUT2D eigenvalue weighted by molar-refractivity contribution is 6.30. The maximum absolute atomic E-state index is 16.6. The Morgan fingerprint density at radius 2 is 1.92 bits per heavy atom. The third-order valence-corrected chi connectivity index (χ3v) is 8.06. The van der Waals surface area contributed by atoms with Gasteiger partial charge in [-0.05, 0) is 56.4 Å². The number of alkyl halides is 1. The van der Waals surface area contributed by atoms with Crippen LogP contribution >= 0.6 is 11.6 Å². The Hall–Kier alpha value is -3.14. The van der Waals surface area contributed by atoms with Gasteiger partial charge in [0.05, 0.1) is 5.02 Å². The number of hydrogen-bond acceptors (Lipinski definition) is 7. The summed E-state index contributed by atoms with van der Waals surface area (Å²) < 4.78 is 23.3. The molecule has 0 radical (unpaired) electrons. The largest absolute Gasteiger partial charge is 0.439 e. The maximum atomic E-state index is 16.6. The summed E-state index contributed by atoms with van der Waals surface area (Å²) in [5.41, 5.74) is 0.628. The molecule has 1 N–H and O–H groups in total. The number of hydrogen-bond donors (Lipinski definition) is 1. The number of rotatable bonds is 5. The number of H-pyrrole nitrogens is 1. The number of nitrogens with one attached hydrogen (secondary N) is 1. The van der Waals surface area contributed by atoms with Crippen molar-refractivity contribution < 1.29 is 8.91 Å². The smallest absolute Gasteiger partial charge is 0.322 e. The summed E-state index contributed by atoms with van der Waals surface area (Å²) in [5.74, 6) is 1.03. The summed E-state index contributed by atoms with van der Waals surface area (Å²) >= 11 is 6.30. The van der Waals surface area contributed by atoms with Crippen LogP contribution in [-0.4, -0.2) is 34.6 Å². The first-order valence-electron chi connectivity index (χ1n) is 13.0. The zero-order valence-electron chi connectivity index (χ0n) is 20.7. The lowest BCUT2D eigenvalue weighted by molar-refractivity contribution is 0.0891. The highest BCUT2D eigenvalue weighted by atomic mass is 35.5. The molecule has 0 unspecified atom stereocenters. The van der Waals surface area contributed by atoms with Gasteiger partial charge in [0.2, 0.25) is 11.6 Å². The number of halogens is 2. The molecule has 2 fully saturated rings. The van der Waals surface area contributed by atoms with Crippen LogP contribution in [-0.2, 0) is 12.2 Å². The molecule has 0 aliphatic heterocycles. The number of imidazole rings is 1. The summed E-state index contributed by atoms with van der Waals surface area (Å²) in [5, 5.41) is 4.21. The Labute approximate surface area is 217 Å². The van der Waals surface area contributed by atoms with E-state index in [1.54, 1.807) is 18.5 Å². The zero-order chi connectivity index (χ0) is 25.6. The van der Waals surface area contributed by atoms with Crippen molar-refractivity contribution >= 4 is 22.8 Å². The lowest BCUT2D eigenvalue weighted by Crippen LogP contribution is -2.29. The molecule has 4 heterocycles. The summed E-state index contributed by atoms with van der Waals surface area (Å²) in [7, 11) is 0. The Balaban J connectivity index is 1.59. The number of nitrogens with zero attached hydrogens (tertiary/aromatic N) is 6. The van der Waals surface area contributed by atoms with Crippen molar-refractivity contribution in [1.82, 2.24) is 34.6 Å². The van der Waals surface area contributed by atoms with Crippen molar-refractivity contribution in [2.75, 3.05) is 0 Å². The average molecular weight is 526 g/mol. The van der Waals surface area contributed by atoms with Crippen LogP contribution in [0.25, 0.3) is 34.1 Å². The minimum absolute atomic E-state index is 0.0770. The van der Waals surface area contributed by atoms with E-state index in [9.17, 15) is 4.79 Å². The first kappa shape index (κ1) is 24.2. The second-order valence-electron chi connectivity index (χ2n) is 10.6. The predicted octanol–water partition coefficient (Wildman–Crippen LogP) is 5.84. The quantitative estimate of drug-likeness (QED) is 0.348. The molecule has 4 aromatic heterocycles. The fraction of sp³-hybridized carbons (Fsp3) is 0.538. The van der Waals surface area contributed by atoms with Gasteiger partial charge in [0, 0.05) is 24.5 Å². The molecule has 0 amide bonds. The lowest BCUT2D eigenvalue weighted by atomic mass is 9.82. The van der Waals surface area contributed by atoms with E-state index in [0.717, 1.165) is 32.1 Å². The summed E-state index contributed by atoms with van der Waals surface area (Å²) in [6, 6.07) is 1.76. The summed E-state index contributed by atoms with van der Waals surface area (Å²) in [6.45, 7) is 2.94. The first-order valence-corrected chi connectivity index (χ1v) is 13.4. The van der Waals surface area contributed by atoms with Gasteiger partial charge in [0.1, 0.15) is 17.0 Å². The average Bonchev–Trinajstić information content (AvgIpc) is 3.49. The van der Waals surface area contributed by atoms with Gasteiger partial charge < -0.3 is 4.57 Å². The van der Waals surface area contributed by atoms with Crippen molar-refractivity contribution in [2.24, 2.45) is 11.8 Å². The number of aromatic amines is 1. The Morgan fingerprint density at radius 1 is 1.14 bits per heavy atom. The van der Waals surface area contributed by atoms with Gasteiger partial charge in [-0.15, -0.1) is 0 Å². The predicted molar refractivity (Wildman–Crippen MR) is 137 cm³/mol. The van der Waals surface area contributed by atoms with Crippen molar-refractivity contribution in [2.45, 2.75) is 76.9 Å². The van der Waals surface area contributed by atoms with Crippen molar-refractivity contribution in [3.63, 3.8) is 0 Å². The van der Waals surface area contributed by atoms with Gasteiger partial charge in [-0.3, -0.25) is 14.5 Å². The van der Waals surface area contributed by atoms with E-state index in [0.29, 0.717) is 64.5 Å². The van der Waals surface area contributed by atoms with Gasteiger partial charge in [-0.2, -0.15) is 0 Å². The molecule has 2 saturated carbocycles. The van der Waals surface area contributed by atoms with Gasteiger partial charge in [0.15, 0.2) is 11.3 Å². The van der Waals surface area contributed by atoms with E-state index >= 15 is 4.39 Å². The Bertz CT molecular complexity index is 1480. The van der Waals surface area contributed by atoms with Crippen LogP contribution < -0.4 is 5.76 Å². The van der Waals surface area contributed by atoms with Crippen LogP contribution in [0.5, 0.6) is 0 Å². The van der Waals surface area contributed by atoms with E-state index in [-0.39, 0.29) is 11.6 Å². The standard InChI is InChI=1S/C26H29ClFN7O2/c1-15-5-7-16(8-6-15)14-35-20-19(17-11-18(27)13-29-12-17)30-22(23-33-25(36)37-34-23)31-21(20)32-24(35)26(28)9-3-2-4-10-26/h11-13,15-16H,2-10,14H2,1H3,(H,33,34,36)/t15-,16-. The van der Waals surface area contributed by atoms with Gasteiger partial charge in [-0.1, -0.05) is 42.9 Å². The highest BCUT2D eigenvalue weighted by Crippen LogP contribution is 2.43. The molecular weight excluding hydrogens is 497 g/mol. The van der Waals surface area contributed by atoms with Crippen molar-refractivity contribution in [3.05, 3.63) is 39.9 Å². The Morgan fingerprint density at radius 3 is 2.62 bits per heavy atom. The third-order valence-electron chi connectivity index (χ3n) is 7.86. The maximum Gasteiger partial charge on any atom is 0.439 e. The molecule has 2 aliphatic carbocycles. The number of fused-ring (bicyclic) bond motifs is 1. The van der Waals surface area contributed by atoms with E-state index in [1.807, 2.05) is 4.57 Å². The van der Waals surface area contributed by atoms with Crippen molar-refractivity contribution in [3.8, 4) is 22.9 Å². The molecule has 2 aliphatic rings. The zero-order valence-corrected chi connectivity index (χ0v) is 21.5. The van der Waals surface area contributed by atoms with E-state index < -0.39 is 11.4 Å². The van der Waals surface area contributed by atoms with Crippen LogP contribution in [0.2, 0.25) is 5.02 Å². The van der Waals surface area contributed by atoms with Gasteiger partial charge >= 0.3 is 5.76 Å². The fourth-order valence-electron chi connectivity index (χ4n) is 5.84. The minimum Gasteiger partial charge on any atom is -0.322 e. The molecule has 0 aromatic carbocycles. The minimum atomic E-state index is -1.53. The second kappa shape index (κ2) is 9.63. The molecule has 9 nitrogen and oxygen atoms in total. The molecule has 11 heteroatoms. The van der Waals surface area contributed by atoms with E-state index in [1.165, 1.54) is 12.8 Å². The topological polar surface area (TPSA) is 115 Å². The fourth-order valence-corrected chi connectivity index (χ4v) is 6.01. The molecule has 0 bridgehead atoms. The van der Waals surface area contributed by atoms with Crippen LogP contribution in [0.3, 0.4) is 0 Å². The molecule has 0 atom stereocenters. The molecule has 4 aromatic rings. The van der Waals surface area contributed by atoms with Crippen molar-refractivity contribution in [1.29, 1.82) is 0 Å². The summed E-state index contributed by atoms with van der Waals surface area (Å²) in [6.07, 6.45) is 11.3. The highest BCUT2D eigenvalue weighted by Gasteiger charge is 2.40. The molecular formula is C26H29ClFN7O2. The van der Waals surface area contributed by atoms with Gasteiger partial charge in [-0.25, -0.2) is 24.1 Å². The number of pyridine rings is 1. The SMILES string of the molecule is C[C@H]1CC[C@H](Cn2c(C3(F)CCCCC3)nc3nc(-c4noc(=O)[nH]4)nc(-c4cncc(Cl)c4)c32)CC1. The summed E-state index contributed by atoms with van der Waals surface area (Å²) in [4.78, 5) is 32.6. The van der Waals surface area contributed by atoms with E-state index in [2.05, 4.69) is 31.6 Å². The molecule has 6 rings (SSSR count). The molecule has 37 heavy (non-hydrogen) atoms. The molecule has 0 saturated heterocycles. The van der Waals surface area contributed by atoms with E-state index in [4.69, 9.17) is 21.6 Å². The van der Waals surface area contributed by atoms with Crippen LogP contribution in [0.15, 0.2) is 27.8 Å².